The van der Waals surface area contributed by atoms with Crippen molar-refractivity contribution in [1.29, 1.82) is 0 Å². The molecule has 26 heavy (non-hydrogen) atoms. The molecule has 0 amide bonds. The lowest BCUT2D eigenvalue weighted by Gasteiger charge is -2.11. The van der Waals surface area contributed by atoms with Gasteiger partial charge in [-0.3, -0.25) is 0 Å². The summed E-state index contributed by atoms with van der Waals surface area (Å²) >= 11 is 0. The summed E-state index contributed by atoms with van der Waals surface area (Å²) in [4.78, 5) is 8.84. The third-order valence-corrected chi connectivity index (χ3v) is 4.17. The van der Waals surface area contributed by atoms with E-state index in [0.29, 0.717) is 5.95 Å². The van der Waals surface area contributed by atoms with Gasteiger partial charge in [-0.1, -0.05) is 35.9 Å². The molecule has 3 rings (SSSR count). The number of hydrogen-bond donors (Lipinski definition) is 2. The van der Waals surface area contributed by atoms with Crippen molar-refractivity contribution in [3.63, 3.8) is 0 Å². The second-order valence-corrected chi connectivity index (χ2v) is 6.20. The molecular formula is C21H24N4O. The van der Waals surface area contributed by atoms with Crippen LogP contribution in [0.1, 0.15) is 16.7 Å². The predicted molar refractivity (Wildman–Crippen MR) is 106 cm³/mol. The molecule has 5 nitrogen and oxygen atoms in total. The molecule has 0 aliphatic carbocycles. The fraction of sp³-hybridized carbons (Fsp3) is 0.238. The van der Waals surface area contributed by atoms with Gasteiger partial charge in [-0.25, -0.2) is 4.98 Å². The van der Waals surface area contributed by atoms with E-state index in [-0.39, 0.29) is 0 Å². The number of ether oxygens (including phenoxy) is 1. The molecule has 5 heteroatoms. The first-order valence-electron chi connectivity index (χ1n) is 8.69. The van der Waals surface area contributed by atoms with E-state index in [2.05, 4.69) is 58.7 Å². The molecule has 0 bridgehead atoms. The SMILES string of the molecule is COc1ccccc1CCNc1nccc(Nc2ccc(C)cc2C)n1. The Morgan fingerprint density at radius 3 is 2.69 bits per heavy atom. The van der Waals surface area contributed by atoms with Crippen molar-refractivity contribution in [1.82, 2.24) is 9.97 Å². The maximum atomic E-state index is 5.38. The minimum atomic E-state index is 0.606. The summed E-state index contributed by atoms with van der Waals surface area (Å²) in [6.07, 6.45) is 2.59. The fourth-order valence-electron chi connectivity index (χ4n) is 2.82. The second kappa shape index (κ2) is 8.34. The number of nitrogens with zero attached hydrogens (tertiary/aromatic N) is 2. The predicted octanol–water partition coefficient (Wildman–Crippen LogP) is 4.50. The lowest BCUT2D eigenvalue weighted by molar-refractivity contribution is 0.410. The van der Waals surface area contributed by atoms with Gasteiger partial charge in [0.25, 0.3) is 0 Å². The van der Waals surface area contributed by atoms with Crippen LogP contribution in [0.5, 0.6) is 5.75 Å². The van der Waals surface area contributed by atoms with Crippen molar-refractivity contribution < 1.29 is 4.74 Å². The third-order valence-electron chi connectivity index (χ3n) is 4.17. The Kier molecular flexibility index (Phi) is 5.69. The largest absolute Gasteiger partial charge is 0.496 e. The van der Waals surface area contributed by atoms with E-state index in [1.165, 1.54) is 11.1 Å². The molecule has 0 atom stereocenters. The number of aryl methyl sites for hydroxylation is 2. The molecule has 0 saturated carbocycles. The number of hydrogen-bond acceptors (Lipinski definition) is 5. The highest BCUT2D eigenvalue weighted by atomic mass is 16.5. The Hall–Kier alpha value is -3.08. The normalized spacial score (nSPS) is 10.4. The standard InChI is InChI=1S/C21H24N4O/c1-15-8-9-18(16(2)14-15)24-20-11-13-23-21(25-20)22-12-10-17-6-4-5-7-19(17)26-3/h4-9,11,13-14H,10,12H2,1-3H3,(H2,22,23,24,25). The smallest absolute Gasteiger partial charge is 0.224 e. The van der Waals surface area contributed by atoms with Gasteiger partial charge in [0.2, 0.25) is 5.95 Å². The molecule has 0 saturated heterocycles. The Balaban J connectivity index is 1.62. The number of benzene rings is 2. The van der Waals surface area contributed by atoms with Gasteiger partial charge in [0.05, 0.1) is 7.11 Å². The van der Waals surface area contributed by atoms with Crippen LogP contribution in [0.3, 0.4) is 0 Å². The van der Waals surface area contributed by atoms with Gasteiger partial charge in [0, 0.05) is 18.4 Å². The Labute approximate surface area is 154 Å². The van der Waals surface area contributed by atoms with E-state index in [1.54, 1.807) is 13.3 Å². The first-order valence-corrected chi connectivity index (χ1v) is 8.69. The first kappa shape index (κ1) is 17.7. The maximum Gasteiger partial charge on any atom is 0.224 e. The Bertz CT molecular complexity index is 879. The van der Waals surface area contributed by atoms with E-state index < -0.39 is 0 Å². The summed E-state index contributed by atoms with van der Waals surface area (Å²) in [5.41, 5.74) is 4.64. The highest BCUT2D eigenvalue weighted by molar-refractivity contribution is 5.61. The van der Waals surface area contributed by atoms with E-state index in [9.17, 15) is 0 Å². The monoisotopic (exact) mass is 348 g/mol. The second-order valence-electron chi connectivity index (χ2n) is 6.20. The number of aromatic nitrogens is 2. The molecule has 2 N–H and O–H groups in total. The van der Waals surface area contributed by atoms with Crippen LogP contribution in [0.2, 0.25) is 0 Å². The van der Waals surface area contributed by atoms with Crippen molar-refractivity contribution in [2.75, 3.05) is 24.3 Å². The van der Waals surface area contributed by atoms with Gasteiger partial charge in [-0.15, -0.1) is 0 Å². The highest BCUT2D eigenvalue weighted by Crippen LogP contribution is 2.21. The molecule has 3 aromatic rings. The van der Waals surface area contributed by atoms with Crippen LogP contribution in [0, 0.1) is 13.8 Å². The average molecular weight is 348 g/mol. The Morgan fingerprint density at radius 1 is 1.04 bits per heavy atom. The summed E-state index contributed by atoms with van der Waals surface area (Å²) in [5, 5.41) is 6.63. The molecular weight excluding hydrogens is 324 g/mol. The number of rotatable bonds is 7. The van der Waals surface area contributed by atoms with Gasteiger partial charge in [-0.05, 0) is 49.6 Å². The molecule has 1 aromatic heterocycles. The van der Waals surface area contributed by atoms with Gasteiger partial charge in [0.1, 0.15) is 11.6 Å². The van der Waals surface area contributed by atoms with E-state index in [0.717, 1.165) is 35.8 Å². The topological polar surface area (TPSA) is 59.1 Å². The summed E-state index contributed by atoms with van der Waals surface area (Å²) in [6.45, 7) is 4.90. The van der Waals surface area contributed by atoms with Gasteiger partial charge >= 0.3 is 0 Å². The Morgan fingerprint density at radius 2 is 1.88 bits per heavy atom. The number of methoxy groups -OCH3 is 1. The zero-order valence-corrected chi connectivity index (χ0v) is 15.4. The van der Waals surface area contributed by atoms with Crippen LogP contribution in [-0.2, 0) is 6.42 Å². The number of anilines is 3. The van der Waals surface area contributed by atoms with Crippen LogP contribution in [0.25, 0.3) is 0 Å². The van der Waals surface area contributed by atoms with Crippen LogP contribution in [0.15, 0.2) is 54.7 Å². The maximum absolute atomic E-state index is 5.38. The molecule has 0 aliphatic rings. The van der Waals surface area contributed by atoms with Crippen molar-refractivity contribution in [3.05, 3.63) is 71.4 Å². The summed E-state index contributed by atoms with van der Waals surface area (Å²) < 4.78 is 5.38. The summed E-state index contributed by atoms with van der Waals surface area (Å²) in [5.74, 6) is 2.28. The van der Waals surface area contributed by atoms with E-state index in [1.807, 2.05) is 24.3 Å². The average Bonchev–Trinajstić information content (AvgIpc) is 2.65. The number of para-hydroxylation sites is 1. The summed E-state index contributed by atoms with van der Waals surface area (Å²) in [7, 11) is 1.69. The molecule has 0 radical (unpaired) electrons. The molecule has 2 aromatic carbocycles. The number of nitrogens with one attached hydrogen (secondary N) is 2. The zero-order chi connectivity index (χ0) is 18.4. The highest BCUT2D eigenvalue weighted by Gasteiger charge is 2.04. The third kappa shape index (κ3) is 4.51. The van der Waals surface area contributed by atoms with Gasteiger partial charge < -0.3 is 15.4 Å². The molecule has 0 fully saturated rings. The zero-order valence-electron chi connectivity index (χ0n) is 15.4. The van der Waals surface area contributed by atoms with Crippen molar-refractivity contribution in [2.24, 2.45) is 0 Å². The van der Waals surface area contributed by atoms with Crippen molar-refractivity contribution in [2.45, 2.75) is 20.3 Å². The molecule has 134 valence electrons. The van der Waals surface area contributed by atoms with Crippen molar-refractivity contribution >= 4 is 17.5 Å². The molecule has 0 aliphatic heterocycles. The van der Waals surface area contributed by atoms with Crippen LogP contribution in [0.4, 0.5) is 17.5 Å². The van der Waals surface area contributed by atoms with Gasteiger partial charge in [0.15, 0.2) is 0 Å². The minimum absolute atomic E-state index is 0.606. The van der Waals surface area contributed by atoms with Crippen LogP contribution >= 0.6 is 0 Å². The van der Waals surface area contributed by atoms with Crippen molar-refractivity contribution in [3.8, 4) is 5.75 Å². The van der Waals surface area contributed by atoms with Crippen LogP contribution in [-0.4, -0.2) is 23.6 Å². The lowest BCUT2D eigenvalue weighted by Crippen LogP contribution is -2.09. The van der Waals surface area contributed by atoms with Gasteiger partial charge in [-0.2, -0.15) is 4.98 Å². The quantitative estimate of drug-likeness (QED) is 0.658. The van der Waals surface area contributed by atoms with E-state index >= 15 is 0 Å². The van der Waals surface area contributed by atoms with E-state index in [4.69, 9.17) is 4.74 Å². The molecule has 1 heterocycles. The molecule has 0 unspecified atom stereocenters. The summed E-state index contributed by atoms with van der Waals surface area (Å²) in [6, 6.07) is 16.2. The first-order chi connectivity index (χ1) is 12.7. The molecule has 0 spiro atoms. The minimum Gasteiger partial charge on any atom is -0.496 e. The lowest BCUT2D eigenvalue weighted by atomic mass is 10.1. The van der Waals surface area contributed by atoms with Crippen LogP contribution < -0.4 is 15.4 Å². The fourth-order valence-corrected chi connectivity index (χ4v) is 2.82.